The molecule has 0 bridgehead atoms. The van der Waals surface area contributed by atoms with Crippen LogP contribution < -0.4 is 0 Å². The molecule has 0 atom stereocenters. The lowest BCUT2D eigenvalue weighted by Gasteiger charge is -2.32. The third-order valence-corrected chi connectivity index (χ3v) is 4.21. The topological polar surface area (TPSA) is 61.9 Å². The van der Waals surface area contributed by atoms with Gasteiger partial charge in [-0.25, -0.2) is 0 Å². The normalized spacial score (nSPS) is 16.1. The van der Waals surface area contributed by atoms with Crippen LogP contribution in [0.2, 0.25) is 0 Å². The average molecular weight is 284 g/mol. The van der Waals surface area contributed by atoms with Crippen LogP contribution in [-0.2, 0) is 11.2 Å². The van der Waals surface area contributed by atoms with E-state index in [4.69, 9.17) is 0 Å². The summed E-state index contributed by atoms with van der Waals surface area (Å²) in [4.78, 5) is 18.3. The minimum atomic E-state index is 0.254. The zero-order valence-electron chi connectivity index (χ0n) is 12.0. The molecule has 1 saturated heterocycles. The van der Waals surface area contributed by atoms with Gasteiger partial charge < -0.3 is 4.90 Å². The SMILES string of the molecule is O=C(CCc1cn[nH]c1)N1CCC(c2ccncc2)CC1. The smallest absolute Gasteiger partial charge is 0.222 e. The number of pyridine rings is 1. The highest BCUT2D eigenvalue weighted by Gasteiger charge is 2.23. The fraction of sp³-hybridized carbons (Fsp3) is 0.438. The van der Waals surface area contributed by atoms with E-state index < -0.39 is 0 Å². The highest BCUT2D eigenvalue weighted by atomic mass is 16.2. The number of aromatic nitrogens is 3. The van der Waals surface area contributed by atoms with Crippen LogP contribution in [0, 0.1) is 0 Å². The minimum absolute atomic E-state index is 0.254. The maximum atomic E-state index is 12.2. The first-order chi connectivity index (χ1) is 10.3. The molecule has 1 aliphatic heterocycles. The first-order valence-corrected chi connectivity index (χ1v) is 7.48. The number of H-pyrrole nitrogens is 1. The van der Waals surface area contributed by atoms with Crippen molar-refractivity contribution in [1.29, 1.82) is 0 Å². The van der Waals surface area contributed by atoms with Crippen molar-refractivity contribution in [3.63, 3.8) is 0 Å². The number of nitrogens with one attached hydrogen (secondary N) is 1. The number of hydrogen-bond donors (Lipinski definition) is 1. The fourth-order valence-corrected chi connectivity index (χ4v) is 2.92. The van der Waals surface area contributed by atoms with Crippen molar-refractivity contribution < 1.29 is 4.79 Å². The zero-order valence-corrected chi connectivity index (χ0v) is 12.0. The van der Waals surface area contributed by atoms with Crippen LogP contribution in [0.15, 0.2) is 36.9 Å². The Morgan fingerprint density at radius 3 is 2.71 bits per heavy atom. The summed E-state index contributed by atoms with van der Waals surface area (Å²) < 4.78 is 0. The first kappa shape index (κ1) is 13.8. The Bertz CT molecular complexity index is 559. The van der Waals surface area contributed by atoms with Crippen LogP contribution in [0.5, 0.6) is 0 Å². The predicted molar refractivity (Wildman–Crippen MR) is 79.7 cm³/mol. The number of amides is 1. The van der Waals surface area contributed by atoms with Crippen LogP contribution in [0.4, 0.5) is 0 Å². The van der Waals surface area contributed by atoms with E-state index in [2.05, 4.69) is 27.3 Å². The Morgan fingerprint density at radius 1 is 1.29 bits per heavy atom. The van der Waals surface area contributed by atoms with Gasteiger partial charge in [-0.05, 0) is 48.4 Å². The minimum Gasteiger partial charge on any atom is -0.343 e. The summed E-state index contributed by atoms with van der Waals surface area (Å²) in [5, 5.41) is 6.68. The quantitative estimate of drug-likeness (QED) is 0.935. The maximum absolute atomic E-state index is 12.2. The molecular formula is C16H20N4O. The second kappa shape index (κ2) is 6.52. The third kappa shape index (κ3) is 3.48. The lowest BCUT2D eigenvalue weighted by Crippen LogP contribution is -2.38. The van der Waals surface area contributed by atoms with Gasteiger partial charge in [-0.2, -0.15) is 5.10 Å². The first-order valence-electron chi connectivity index (χ1n) is 7.48. The second-order valence-electron chi connectivity index (χ2n) is 5.54. The van der Waals surface area contributed by atoms with Crippen LogP contribution in [0.1, 0.15) is 36.3 Å². The monoisotopic (exact) mass is 284 g/mol. The van der Waals surface area contributed by atoms with Crippen molar-refractivity contribution in [2.45, 2.75) is 31.6 Å². The van der Waals surface area contributed by atoms with E-state index in [1.54, 1.807) is 6.20 Å². The van der Waals surface area contributed by atoms with Gasteiger partial charge in [-0.3, -0.25) is 14.9 Å². The van der Waals surface area contributed by atoms with E-state index >= 15 is 0 Å². The predicted octanol–water partition coefficient (Wildman–Crippen LogP) is 2.14. The molecule has 0 saturated carbocycles. The number of nitrogens with zero attached hydrogens (tertiary/aromatic N) is 3. The van der Waals surface area contributed by atoms with Gasteiger partial charge in [0.2, 0.25) is 5.91 Å². The molecule has 0 aromatic carbocycles. The molecular weight excluding hydrogens is 264 g/mol. The second-order valence-corrected chi connectivity index (χ2v) is 5.54. The lowest BCUT2D eigenvalue weighted by molar-refractivity contribution is -0.132. The molecule has 110 valence electrons. The van der Waals surface area contributed by atoms with Crippen molar-refractivity contribution in [2.24, 2.45) is 0 Å². The van der Waals surface area contributed by atoms with Gasteiger partial charge in [0.15, 0.2) is 0 Å². The number of aromatic amines is 1. The molecule has 2 aromatic rings. The Balaban J connectivity index is 1.48. The van der Waals surface area contributed by atoms with Crippen molar-refractivity contribution in [3.8, 4) is 0 Å². The average Bonchev–Trinajstić information content (AvgIpc) is 3.07. The van der Waals surface area contributed by atoms with Crippen molar-refractivity contribution >= 4 is 5.91 Å². The number of piperidine rings is 1. The lowest BCUT2D eigenvalue weighted by atomic mass is 9.90. The molecule has 1 N–H and O–H groups in total. The Kier molecular flexibility index (Phi) is 4.28. The molecule has 3 rings (SSSR count). The largest absolute Gasteiger partial charge is 0.343 e. The van der Waals surface area contributed by atoms with E-state index in [9.17, 15) is 4.79 Å². The highest BCUT2D eigenvalue weighted by molar-refractivity contribution is 5.76. The van der Waals surface area contributed by atoms with Crippen molar-refractivity contribution in [2.75, 3.05) is 13.1 Å². The van der Waals surface area contributed by atoms with Gasteiger partial charge in [-0.1, -0.05) is 0 Å². The molecule has 0 radical (unpaired) electrons. The summed E-state index contributed by atoms with van der Waals surface area (Å²) >= 11 is 0. The zero-order chi connectivity index (χ0) is 14.5. The van der Waals surface area contributed by atoms with Gasteiger partial charge in [0.1, 0.15) is 0 Å². The van der Waals surface area contributed by atoms with E-state index in [1.165, 1.54) is 5.56 Å². The Morgan fingerprint density at radius 2 is 2.05 bits per heavy atom. The van der Waals surface area contributed by atoms with E-state index in [-0.39, 0.29) is 5.91 Å². The molecule has 0 aliphatic carbocycles. The highest BCUT2D eigenvalue weighted by Crippen LogP contribution is 2.27. The van der Waals surface area contributed by atoms with E-state index in [0.717, 1.165) is 37.9 Å². The Hall–Kier alpha value is -2.17. The molecule has 2 aromatic heterocycles. The molecule has 1 amide bonds. The standard InChI is InChI=1S/C16H20N4O/c21-16(2-1-13-11-18-19-12-13)20-9-5-15(6-10-20)14-3-7-17-8-4-14/h3-4,7-8,11-12,15H,1-2,5-6,9-10H2,(H,18,19). The van der Waals surface area contributed by atoms with Gasteiger partial charge in [0, 0.05) is 38.1 Å². The van der Waals surface area contributed by atoms with Crippen LogP contribution >= 0.6 is 0 Å². The van der Waals surface area contributed by atoms with E-state index in [0.29, 0.717) is 12.3 Å². The van der Waals surface area contributed by atoms with Crippen LogP contribution in [0.3, 0.4) is 0 Å². The number of aryl methyl sites for hydroxylation is 1. The molecule has 1 fully saturated rings. The molecule has 5 heteroatoms. The molecule has 5 nitrogen and oxygen atoms in total. The summed E-state index contributed by atoms with van der Waals surface area (Å²) in [6.07, 6.45) is 10.7. The molecule has 0 spiro atoms. The number of carbonyl (C=O) groups excluding carboxylic acids is 1. The van der Waals surface area contributed by atoms with Gasteiger partial charge in [0.25, 0.3) is 0 Å². The molecule has 3 heterocycles. The van der Waals surface area contributed by atoms with Gasteiger partial charge in [0.05, 0.1) is 6.20 Å². The molecule has 1 aliphatic rings. The van der Waals surface area contributed by atoms with Crippen molar-refractivity contribution in [1.82, 2.24) is 20.1 Å². The summed E-state index contributed by atoms with van der Waals surface area (Å²) in [6.45, 7) is 1.72. The molecule has 0 unspecified atom stereocenters. The van der Waals surface area contributed by atoms with E-state index in [1.807, 2.05) is 23.5 Å². The van der Waals surface area contributed by atoms with Gasteiger partial charge in [-0.15, -0.1) is 0 Å². The molecule has 21 heavy (non-hydrogen) atoms. The fourth-order valence-electron chi connectivity index (χ4n) is 2.92. The third-order valence-electron chi connectivity index (χ3n) is 4.21. The van der Waals surface area contributed by atoms with Crippen molar-refractivity contribution in [3.05, 3.63) is 48.0 Å². The number of carbonyl (C=O) groups is 1. The van der Waals surface area contributed by atoms with Gasteiger partial charge >= 0.3 is 0 Å². The summed E-state index contributed by atoms with van der Waals surface area (Å²) in [6, 6.07) is 4.17. The van der Waals surface area contributed by atoms with Crippen LogP contribution in [-0.4, -0.2) is 39.1 Å². The van der Waals surface area contributed by atoms with Crippen LogP contribution in [0.25, 0.3) is 0 Å². The Labute approximate surface area is 124 Å². The number of hydrogen-bond acceptors (Lipinski definition) is 3. The number of rotatable bonds is 4. The maximum Gasteiger partial charge on any atom is 0.222 e. The number of likely N-dealkylation sites (tertiary alicyclic amines) is 1. The summed E-state index contributed by atoms with van der Waals surface area (Å²) in [5.74, 6) is 0.815. The summed E-state index contributed by atoms with van der Waals surface area (Å²) in [5.41, 5.74) is 2.44. The summed E-state index contributed by atoms with van der Waals surface area (Å²) in [7, 11) is 0.